The minimum Gasteiger partial charge on any atom is -0.302 e. The smallest absolute Gasteiger partial charge is 0.135 e. The molecule has 42 valence electrons. The van der Waals surface area contributed by atoms with Crippen LogP contribution in [0.2, 0.25) is 0 Å². The first-order valence-corrected chi connectivity index (χ1v) is 3.27. The van der Waals surface area contributed by atoms with Gasteiger partial charge in [0.15, 0.2) is 0 Å². The van der Waals surface area contributed by atoms with Crippen molar-refractivity contribution in [3.05, 3.63) is 0 Å². The Kier molecular flexibility index (Phi) is 3.66. The highest BCUT2D eigenvalue weighted by Crippen LogP contribution is 2.07. The van der Waals surface area contributed by atoms with Crippen LogP contribution in [0.5, 0.6) is 0 Å². The van der Waals surface area contributed by atoms with Gasteiger partial charge >= 0.3 is 0 Å². The van der Waals surface area contributed by atoms with Gasteiger partial charge in [0, 0.05) is 5.38 Å². The molecule has 0 heterocycles. The zero-order valence-corrected chi connectivity index (χ0v) is 6.24. The minimum atomic E-state index is -0.200. The lowest BCUT2D eigenvalue weighted by atomic mass is 10.4. The van der Waals surface area contributed by atoms with Crippen LogP contribution in [0, 0.1) is 0 Å². The van der Waals surface area contributed by atoms with Gasteiger partial charge in [-0.1, -0.05) is 15.9 Å². The summed E-state index contributed by atoms with van der Waals surface area (Å²) in [5, 5.41) is -0.113. The van der Waals surface area contributed by atoms with Gasteiger partial charge in [-0.3, -0.25) is 0 Å². The molecular formula is C4H6BrClO. The predicted octanol–water partition coefficient (Wildman–Crippen LogP) is 1.58. The molecule has 7 heavy (non-hydrogen) atoms. The molecule has 0 radical (unpaired) electrons. The highest BCUT2D eigenvalue weighted by atomic mass is 79.9. The largest absolute Gasteiger partial charge is 0.302 e. The van der Waals surface area contributed by atoms with Crippen LogP contribution in [0.4, 0.5) is 0 Å². The lowest BCUT2D eigenvalue weighted by molar-refractivity contribution is -0.107. The standard InChI is InChI=1S/C4H6BrClO/c1-3(6)4(5)2-7/h2-4H,1H3/t3-,4-/m0/s1. The molecular weight excluding hydrogens is 179 g/mol. The van der Waals surface area contributed by atoms with Gasteiger partial charge in [-0.2, -0.15) is 0 Å². The molecule has 0 aromatic rings. The molecule has 0 aliphatic carbocycles. The van der Waals surface area contributed by atoms with Crippen molar-refractivity contribution in [2.45, 2.75) is 17.1 Å². The molecule has 1 nitrogen and oxygen atoms in total. The van der Waals surface area contributed by atoms with Crippen molar-refractivity contribution in [2.75, 3.05) is 0 Å². The zero-order chi connectivity index (χ0) is 5.86. The molecule has 3 heteroatoms. The summed E-state index contributed by atoms with van der Waals surface area (Å²) in [4.78, 5) is 9.62. The van der Waals surface area contributed by atoms with Crippen molar-refractivity contribution in [3.63, 3.8) is 0 Å². The monoisotopic (exact) mass is 184 g/mol. The molecule has 2 atom stereocenters. The predicted molar refractivity (Wildman–Crippen MR) is 34.1 cm³/mol. The van der Waals surface area contributed by atoms with Crippen LogP contribution in [0.25, 0.3) is 0 Å². The Labute approximate surface area is 56.2 Å². The molecule has 0 N–H and O–H groups in total. The fourth-order valence-electron chi connectivity index (χ4n) is 0.108. The molecule has 0 unspecified atom stereocenters. The Bertz CT molecular complexity index is 64.7. The van der Waals surface area contributed by atoms with E-state index in [1.54, 1.807) is 6.92 Å². The first-order chi connectivity index (χ1) is 3.18. The van der Waals surface area contributed by atoms with Crippen molar-refractivity contribution >= 4 is 33.8 Å². The number of carbonyl (C=O) groups is 1. The van der Waals surface area contributed by atoms with Gasteiger partial charge in [0.1, 0.15) is 6.29 Å². The average molecular weight is 185 g/mol. The van der Waals surface area contributed by atoms with E-state index in [9.17, 15) is 4.79 Å². The maximum absolute atomic E-state index is 9.81. The fraction of sp³-hybridized carbons (Fsp3) is 0.750. The van der Waals surface area contributed by atoms with Crippen LogP contribution in [-0.2, 0) is 4.79 Å². The van der Waals surface area contributed by atoms with Crippen LogP contribution < -0.4 is 0 Å². The highest BCUT2D eigenvalue weighted by molar-refractivity contribution is 9.10. The van der Waals surface area contributed by atoms with E-state index in [-0.39, 0.29) is 10.2 Å². The second-order valence-electron chi connectivity index (χ2n) is 1.26. The number of hydrogen-bond donors (Lipinski definition) is 0. The van der Waals surface area contributed by atoms with Gasteiger partial charge in [-0.05, 0) is 6.92 Å². The summed E-state index contributed by atoms with van der Waals surface area (Å²) in [6, 6.07) is 0. The number of carbonyl (C=O) groups excluding carboxylic acids is 1. The van der Waals surface area contributed by atoms with Crippen LogP contribution in [0.15, 0.2) is 0 Å². The Hall–Kier alpha value is 0.440. The highest BCUT2D eigenvalue weighted by Gasteiger charge is 2.06. The number of alkyl halides is 2. The summed E-state index contributed by atoms with van der Waals surface area (Å²) < 4.78 is 0. The second-order valence-corrected chi connectivity index (χ2v) is 3.00. The third-order valence-corrected chi connectivity index (χ3v) is 2.15. The summed E-state index contributed by atoms with van der Waals surface area (Å²) in [6.07, 6.45) is 0.775. The second kappa shape index (κ2) is 3.44. The summed E-state index contributed by atoms with van der Waals surface area (Å²) >= 11 is 8.49. The molecule has 0 spiro atoms. The molecule has 0 fully saturated rings. The van der Waals surface area contributed by atoms with Gasteiger partial charge in [-0.25, -0.2) is 0 Å². The molecule has 0 saturated carbocycles. The third-order valence-electron chi connectivity index (χ3n) is 0.569. The zero-order valence-electron chi connectivity index (χ0n) is 3.90. The maximum atomic E-state index is 9.81. The molecule has 0 saturated heterocycles. The van der Waals surface area contributed by atoms with E-state index in [1.807, 2.05) is 0 Å². The van der Waals surface area contributed by atoms with Crippen molar-refractivity contribution < 1.29 is 4.79 Å². The summed E-state index contributed by atoms with van der Waals surface area (Å²) in [7, 11) is 0. The van der Waals surface area contributed by atoms with E-state index in [0.717, 1.165) is 6.29 Å². The maximum Gasteiger partial charge on any atom is 0.135 e. The number of halogens is 2. The first-order valence-electron chi connectivity index (χ1n) is 1.92. The van der Waals surface area contributed by atoms with Crippen molar-refractivity contribution in [2.24, 2.45) is 0 Å². The topological polar surface area (TPSA) is 17.1 Å². The summed E-state index contributed by atoms with van der Waals surface area (Å²) in [5.74, 6) is 0. The normalized spacial score (nSPS) is 18.1. The van der Waals surface area contributed by atoms with Crippen LogP contribution in [0.3, 0.4) is 0 Å². The van der Waals surface area contributed by atoms with Crippen LogP contribution in [-0.4, -0.2) is 16.5 Å². The van der Waals surface area contributed by atoms with E-state index in [2.05, 4.69) is 15.9 Å². The minimum absolute atomic E-state index is 0.113. The van der Waals surface area contributed by atoms with E-state index in [0.29, 0.717) is 0 Å². The van der Waals surface area contributed by atoms with E-state index in [4.69, 9.17) is 11.6 Å². The van der Waals surface area contributed by atoms with Gasteiger partial charge in [0.05, 0.1) is 4.83 Å². The molecule has 0 amide bonds. The molecule has 0 bridgehead atoms. The van der Waals surface area contributed by atoms with Gasteiger partial charge in [-0.15, -0.1) is 11.6 Å². The third kappa shape index (κ3) is 3.06. The molecule has 0 rings (SSSR count). The fourth-order valence-corrected chi connectivity index (χ4v) is 0.168. The average Bonchev–Trinajstić information content (AvgIpc) is 1.65. The Morgan fingerprint density at radius 2 is 2.29 bits per heavy atom. The van der Waals surface area contributed by atoms with Crippen molar-refractivity contribution in [1.29, 1.82) is 0 Å². The van der Waals surface area contributed by atoms with E-state index in [1.165, 1.54) is 0 Å². The number of rotatable bonds is 2. The Morgan fingerprint density at radius 3 is 2.29 bits per heavy atom. The number of hydrogen-bond acceptors (Lipinski definition) is 1. The lowest BCUT2D eigenvalue weighted by Gasteiger charge is -1.99. The van der Waals surface area contributed by atoms with E-state index < -0.39 is 0 Å². The molecule has 0 aliphatic heterocycles. The van der Waals surface area contributed by atoms with Crippen LogP contribution in [0.1, 0.15) is 6.92 Å². The van der Waals surface area contributed by atoms with Gasteiger partial charge in [0.25, 0.3) is 0 Å². The van der Waals surface area contributed by atoms with Crippen LogP contribution >= 0.6 is 27.5 Å². The van der Waals surface area contributed by atoms with Crippen molar-refractivity contribution in [3.8, 4) is 0 Å². The molecule has 0 aromatic carbocycles. The Morgan fingerprint density at radius 1 is 1.86 bits per heavy atom. The van der Waals surface area contributed by atoms with E-state index >= 15 is 0 Å². The Balaban J connectivity index is 3.33. The summed E-state index contributed by atoms with van der Waals surface area (Å²) in [6.45, 7) is 1.76. The van der Waals surface area contributed by atoms with Gasteiger partial charge in [0.2, 0.25) is 0 Å². The molecule has 0 aliphatic rings. The summed E-state index contributed by atoms with van der Waals surface area (Å²) in [5.41, 5.74) is 0. The van der Waals surface area contributed by atoms with Crippen molar-refractivity contribution in [1.82, 2.24) is 0 Å². The first kappa shape index (κ1) is 7.44. The quantitative estimate of drug-likeness (QED) is 0.471. The molecule has 0 aromatic heterocycles. The van der Waals surface area contributed by atoms with Gasteiger partial charge < -0.3 is 4.79 Å². The SMILES string of the molecule is C[C@H](Cl)[C@@H](Br)C=O. The number of aldehydes is 1. The lowest BCUT2D eigenvalue weighted by Crippen LogP contribution is -2.10.